The molecular formula is C60H40N4. The number of para-hydroxylation sites is 1. The Hall–Kier alpha value is -8.47. The van der Waals surface area contributed by atoms with Crippen LogP contribution in [0.15, 0.2) is 219 Å². The summed E-state index contributed by atoms with van der Waals surface area (Å²) < 4.78 is 2.27. The van der Waals surface area contributed by atoms with Crippen molar-refractivity contribution >= 4 is 65.7 Å². The number of hydrogen-bond donors (Lipinski definition) is 0. The van der Waals surface area contributed by atoms with Crippen LogP contribution in [0.5, 0.6) is 0 Å². The van der Waals surface area contributed by atoms with Crippen LogP contribution in [0.3, 0.4) is 0 Å². The van der Waals surface area contributed by atoms with Crippen molar-refractivity contribution in [2.75, 3.05) is 0 Å². The van der Waals surface area contributed by atoms with Crippen LogP contribution in [0.1, 0.15) is 12.5 Å². The van der Waals surface area contributed by atoms with Crippen molar-refractivity contribution < 1.29 is 0 Å². The van der Waals surface area contributed by atoms with Crippen LogP contribution in [-0.4, -0.2) is 19.4 Å². The minimum Gasteiger partial charge on any atom is -0.290 e. The normalized spacial score (nSPS) is 12.0. The number of rotatable bonds is 7. The van der Waals surface area contributed by atoms with Gasteiger partial charge in [-0.05, 0) is 144 Å². The summed E-state index contributed by atoms with van der Waals surface area (Å²) in [6.07, 6.45) is 12.1. The Kier molecular flexibility index (Phi) is 9.01. The molecule has 12 aromatic rings. The Balaban J connectivity index is 1.13. The fraction of sp³-hybridized carbons (Fsp3) is 0.0167. The van der Waals surface area contributed by atoms with E-state index in [1.54, 1.807) is 0 Å². The highest BCUT2D eigenvalue weighted by Gasteiger charge is 2.23. The molecule has 0 atom stereocenters. The lowest BCUT2D eigenvalue weighted by atomic mass is 9.84. The average molecular weight is 817 g/mol. The van der Waals surface area contributed by atoms with Gasteiger partial charge in [0.25, 0.3) is 0 Å². The molecule has 12 rings (SSSR count). The zero-order chi connectivity index (χ0) is 42.6. The van der Waals surface area contributed by atoms with Gasteiger partial charge in [-0.25, -0.2) is 4.98 Å². The number of allylic oxidation sites excluding steroid dienone is 3. The minimum absolute atomic E-state index is 0.805. The number of aromatic nitrogens is 4. The molecule has 4 nitrogen and oxygen atoms in total. The van der Waals surface area contributed by atoms with E-state index in [1.165, 1.54) is 54.6 Å². The summed E-state index contributed by atoms with van der Waals surface area (Å²) >= 11 is 0. The number of pyridine rings is 3. The second kappa shape index (κ2) is 15.5. The largest absolute Gasteiger partial charge is 0.290 e. The van der Waals surface area contributed by atoms with Crippen LogP contribution >= 0.6 is 0 Å². The van der Waals surface area contributed by atoms with E-state index in [-0.39, 0.29) is 0 Å². The Morgan fingerprint density at radius 1 is 0.422 bits per heavy atom. The first-order chi connectivity index (χ1) is 31.7. The van der Waals surface area contributed by atoms with Gasteiger partial charge in [0.2, 0.25) is 0 Å². The van der Waals surface area contributed by atoms with Gasteiger partial charge in [0.1, 0.15) is 17.0 Å². The minimum atomic E-state index is 0.805. The van der Waals surface area contributed by atoms with Gasteiger partial charge in [-0.2, -0.15) is 0 Å². The predicted octanol–water partition coefficient (Wildman–Crippen LogP) is 15.8. The number of fused-ring (bicyclic) bond motifs is 9. The van der Waals surface area contributed by atoms with Gasteiger partial charge in [0, 0.05) is 23.2 Å². The van der Waals surface area contributed by atoms with Crippen molar-refractivity contribution in [2.45, 2.75) is 6.92 Å². The number of nitrogens with zero attached hydrogens (tertiary/aromatic N) is 4. The Morgan fingerprint density at radius 2 is 1.05 bits per heavy atom. The van der Waals surface area contributed by atoms with Gasteiger partial charge in [0.15, 0.2) is 0 Å². The molecule has 0 saturated carbocycles. The molecule has 0 N–H and O–H groups in total. The van der Waals surface area contributed by atoms with Crippen molar-refractivity contribution in [1.82, 2.24) is 19.4 Å². The van der Waals surface area contributed by atoms with E-state index < -0.39 is 0 Å². The molecule has 0 bridgehead atoms. The molecule has 0 fully saturated rings. The van der Waals surface area contributed by atoms with Crippen LogP contribution in [0.4, 0.5) is 0 Å². The average Bonchev–Trinajstić information content (AvgIpc) is 3.77. The van der Waals surface area contributed by atoms with E-state index in [2.05, 4.69) is 186 Å². The van der Waals surface area contributed by atoms with E-state index >= 15 is 0 Å². The van der Waals surface area contributed by atoms with E-state index in [9.17, 15) is 0 Å². The third-order valence-corrected chi connectivity index (χ3v) is 12.6. The fourth-order valence-corrected chi connectivity index (χ4v) is 9.69. The van der Waals surface area contributed by atoms with E-state index in [0.717, 1.165) is 66.8 Å². The van der Waals surface area contributed by atoms with Crippen LogP contribution < -0.4 is 0 Å². The summed E-state index contributed by atoms with van der Waals surface area (Å²) in [6.45, 7) is 2.04. The molecule has 64 heavy (non-hydrogen) atoms. The monoisotopic (exact) mass is 816 g/mol. The van der Waals surface area contributed by atoms with E-state index in [0.29, 0.717) is 0 Å². The molecule has 0 aliphatic heterocycles. The molecular weight excluding hydrogens is 777 g/mol. The highest BCUT2D eigenvalue weighted by Crippen LogP contribution is 2.46. The number of imidazole rings is 1. The number of hydrogen-bond acceptors (Lipinski definition) is 3. The molecule has 300 valence electrons. The predicted molar refractivity (Wildman–Crippen MR) is 269 cm³/mol. The zero-order valence-corrected chi connectivity index (χ0v) is 35.2. The molecule has 0 saturated heterocycles. The molecule has 0 unspecified atom stereocenters. The lowest BCUT2D eigenvalue weighted by Gasteiger charge is -2.19. The summed E-state index contributed by atoms with van der Waals surface area (Å²) in [6, 6.07) is 67.9. The van der Waals surface area contributed by atoms with Crippen LogP contribution in [0, 0.1) is 0 Å². The summed E-state index contributed by atoms with van der Waals surface area (Å²) in [5, 5.41) is 10.7. The Labute approximate surface area is 370 Å². The summed E-state index contributed by atoms with van der Waals surface area (Å²) in [5.74, 6) is 0. The SMILES string of the molecule is C/C=C\C=C/c1cccc(-c2c3ccccc3c(-c3ccc4ccccc4c3)c3cc(-c4ccc5c(c4)c4ccccc4n4c(-c6ccccn6)c(-c6ccccn6)nc54)ccc23)c1. The van der Waals surface area contributed by atoms with Crippen molar-refractivity contribution in [1.29, 1.82) is 0 Å². The quantitative estimate of drug-likeness (QED) is 0.0914. The van der Waals surface area contributed by atoms with Crippen molar-refractivity contribution in [3.63, 3.8) is 0 Å². The lowest BCUT2D eigenvalue weighted by molar-refractivity contribution is 1.22. The fourth-order valence-electron chi connectivity index (χ4n) is 9.69. The van der Waals surface area contributed by atoms with E-state index in [1.807, 2.05) is 49.6 Å². The van der Waals surface area contributed by atoms with Gasteiger partial charge in [-0.1, -0.05) is 152 Å². The number of benzene rings is 8. The highest BCUT2D eigenvalue weighted by molar-refractivity contribution is 6.22. The van der Waals surface area contributed by atoms with Crippen molar-refractivity contribution in [3.8, 4) is 56.2 Å². The van der Waals surface area contributed by atoms with Gasteiger partial charge in [-0.15, -0.1) is 0 Å². The third-order valence-electron chi connectivity index (χ3n) is 12.6. The van der Waals surface area contributed by atoms with Gasteiger partial charge in [0.05, 0.1) is 16.9 Å². The second-order valence-electron chi connectivity index (χ2n) is 16.3. The maximum absolute atomic E-state index is 5.39. The van der Waals surface area contributed by atoms with Crippen LogP contribution in [0.25, 0.3) is 122 Å². The van der Waals surface area contributed by atoms with Gasteiger partial charge < -0.3 is 0 Å². The lowest BCUT2D eigenvalue weighted by Crippen LogP contribution is -1.96. The first-order valence-electron chi connectivity index (χ1n) is 21.8. The smallest absolute Gasteiger partial charge is 0.146 e. The van der Waals surface area contributed by atoms with E-state index in [4.69, 9.17) is 15.0 Å². The van der Waals surface area contributed by atoms with Crippen molar-refractivity contribution in [2.24, 2.45) is 0 Å². The first-order valence-corrected chi connectivity index (χ1v) is 21.8. The molecule has 4 heterocycles. The van der Waals surface area contributed by atoms with Crippen LogP contribution in [0.2, 0.25) is 0 Å². The van der Waals surface area contributed by atoms with Crippen molar-refractivity contribution in [3.05, 3.63) is 224 Å². The highest BCUT2D eigenvalue weighted by atomic mass is 15.1. The molecule has 4 aromatic heterocycles. The topological polar surface area (TPSA) is 43.1 Å². The molecule has 0 aliphatic rings. The molecule has 0 aliphatic carbocycles. The van der Waals surface area contributed by atoms with Gasteiger partial charge >= 0.3 is 0 Å². The third kappa shape index (κ3) is 6.19. The molecule has 8 aromatic carbocycles. The summed E-state index contributed by atoms with van der Waals surface area (Å²) in [4.78, 5) is 15.0. The van der Waals surface area contributed by atoms with Gasteiger partial charge in [-0.3, -0.25) is 14.4 Å². The Bertz CT molecular complexity index is 3840. The Morgan fingerprint density at radius 3 is 1.81 bits per heavy atom. The molecule has 0 amide bonds. The zero-order valence-electron chi connectivity index (χ0n) is 35.2. The van der Waals surface area contributed by atoms with Crippen LogP contribution in [-0.2, 0) is 0 Å². The molecule has 0 radical (unpaired) electrons. The summed E-state index contributed by atoms with van der Waals surface area (Å²) in [7, 11) is 0. The first kappa shape index (κ1) is 37.3. The maximum Gasteiger partial charge on any atom is 0.146 e. The standard InChI is InChI=1S/C60H40N4/c1-2-3-4-16-39-17-15-20-44(35-39)56-47-22-7-8-23-48(47)57(45-28-27-40-18-5-6-19-41(40)36-45)52-38-43(29-31-49(52)56)42-30-32-50-51(37-42)46-21-9-10-26-55(46)64-59(54-25-12-14-34-62-54)58(63-60(50)64)53-24-11-13-33-61-53/h2-38H,1H3/b3-2-,16-4-. The second-order valence-corrected chi connectivity index (χ2v) is 16.3. The maximum atomic E-state index is 5.39. The molecule has 4 heteroatoms. The summed E-state index contributed by atoms with van der Waals surface area (Å²) in [5.41, 5.74) is 13.6. The molecule has 0 spiro atoms.